The lowest BCUT2D eigenvalue weighted by atomic mass is 10.1. The molecule has 0 bridgehead atoms. The van der Waals surface area contributed by atoms with Gasteiger partial charge >= 0.3 is 0 Å². The summed E-state index contributed by atoms with van der Waals surface area (Å²) in [4.78, 5) is 22.7. The number of ketones is 2. The van der Waals surface area contributed by atoms with Crippen LogP contribution in [0.3, 0.4) is 0 Å². The number of nitrogens with one attached hydrogen (secondary N) is 2. The Kier molecular flexibility index (Phi) is 9.06. The van der Waals surface area contributed by atoms with Gasteiger partial charge in [0.1, 0.15) is 20.2 Å². The first-order valence-corrected chi connectivity index (χ1v) is 10.2. The number of hydrogen-bond donors (Lipinski definition) is 2. The number of benzene rings is 1. The smallest absolute Gasteiger partial charge is 0.142 e. The zero-order valence-electron chi connectivity index (χ0n) is 14.8. The zero-order chi connectivity index (χ0) is 19.1. The van der Waals surface area contributed by atoms with Gasteiger partial charge in [-0.3, -0.25) is 9.59 Å². The van der Waals surface area contributed by atoms with E-state index in [-0.39, 0.29) is 22.1 Å². The van der Waals surface area contributed by atoms with E-state index in [0.717, 1.165) is 16.9 Å². The molecule has 0 saturated heterocycles. The Morgan fingerprint density at radius 3 is 1.60 bits per heavy atom. The van der Waals surface area contributed by atoms with Gasteiger partial charge in [0.2, 0.25) is 0 Å². The van der Waals surface area contributed by atoms with Crippen molar-refractivity contribution in [3.8, 4) is 0 Å². The number of carbonyl (C=O) groups is 2. The van der Waals surface area contributed by atoms with Crippen LogP contribution in [0.5, 0.6) is 0 Å². The summed E-state index contributed by atoms with van der Waals surface area (Å²) in [5.74, 6) is 0.173. The highest BCUT2D eigenvalue weighted by Gasteiger charge is 2.14. The lowest BCUT2D eigenvalue weighted by molar-refractivity contribution is -0.117. The van der Waals surface area contributed by atoms with Crippen molar-refractivity contribution in [3.63, 3.8) is 0 Å². The monoisotopic (exact) mass is 414 g/mol. The van der Waals surface area contributed by atoms with E-state index in [1.165, 1.54) is 23.5 Å². The Labute approximate surface area is 168 Å². The van der Waals surface area contributed by atoms with Crippen LogP contribution in [0.15, 0.2) is 18.2 Å². The highest BCUT2D eigenvalue weighted by molar-refractivity contribution is 8.24. The molecule has 0 aliphatic heterocycles. The largest absolute Gasteiger partial charge is 0.341 e. The molecule has 4 nitrogen and oxygen atoms in total. The fraction of sp³-hybridized carbons (Fsp3) is 0.412. The average molecular weight is 415 g/mol. The zero-order valence-corrected chi connectivity index (χ0v) is 18.1. The number of hydrogen-bond acceptors (Lipinski definition) is 6. The van der Waals surface area contributed by atoms with Crippen molar-refractivity contribution in [1.82, 2.24) is 0 Å². The fourth-order valence-electron chi connectivity index (χ4n) is 1.67. The number of anilines is 2. The van der Waals surface area contributed by atoms with Crippen LogP contribution in [0, 0.1) is 6.92 Å². The maximum Gasteiger partial charge on any atom is 0.142 e. The van der Waals surface area contributed by atoms with Crippen molar-refractivity contribution in [2.45, 2.75) is 45.1 Å². The van der Waals surface area contributed by atoms with E-state index in [1.54, 1.807) is 13.8 Å². The molecular formula is C17H22N2O2S4. The first-order chi connectivity index (χ1) is 11.6. The van der Waals surface area contributed by atoms with E-state index in [4.69, 9.17) is 24.4 Å². The average Bonchev–Trinajstić information content (AvgIpc) is 2.50. The molecule has 1 rings (SSSR count). The van der Waals surface area contributed by atoms with Crippen LogP contribution in [0.2, 0.25) is 0 Å². The van der Waals surface area contributed by atoms with Gasteiger partial charge in [-0.25, -0.2) is 0 Å². The Morgan fingerprint density at radius 2 is 1.28 bits per heavy atom. The Balaban J connectivity index is 2.78. The van der Waals surface area contributed by atoms with Crippen LogP contribution >= 0.6 is 48.0 Å². The molecule has 0 heterocycles. The minimum Gasteiger partial charge on any atom is -0.341 e. The van der Waals surface area contributed by atoms with Crippen LogP contribution in [-0.4, -0.2) is 30.7 Å². The SMILES string of the molecule is CC(=O)C(C)SC(=S)Nc1cccc(NC(=S)SC(C)C(C)=O)c1C. The molecule has 0 amide bonds. The molecule has 1 aromatic rings. The number of carbonyl (C=O) groups excluding carboxylic acids is 2. The first kappa shape index (κ1) is 22.1. The van der Waals surface area contributed by atoms with Crippen LogP contribution in [0.4, 0.5) is 11.4 Å². The molecular weight excluding hydrogens is 392 g/mol. The third-order valence-corrected chi connectivity index (χ3v) is 6.30. The number of Topliss-reactive ketones (excluding diaryl/α,β-unsaturated/α-hetero) is 2. The highest BCUT2D eigenvalue weighted by Crippen LogP contribution is 2.27. The Bertz CT molecular complexity index is 637. The summed E-state index contributed by atoms with van der Waals surface area (Å²) in [7, 11) is 0. The fourth-order valence-corrected chi connectivity index (χ4v) is 4.07. The summed E-state index contributed by atoms with van der Waals surface area (Å²) in [5.41, 5.74) is 2.66. The third kappa shape index (κ3) is 7.43. The molecule has 2 N–H and O–H groups in total. The molecule has 136 valence electrons. The van der Waals surface area contributed by atoms with Gasteiger partial charge in [-0.2, -0.15) is 0 Å². The summed E-state index contributed by atoms with van der Waals surface area (Å²) in [5, 5.41) is 5.97. The van der Waals surface area contributed by atoms with Gasteiger partial charge in [0.05, 0.1) is 10.5 Å². The van der Waals surface area contributed by atoms with Gasteiger partial charge in [0, 0.05) is 11.4 Å². The summed E-state index contributed by atoms with van der Waals surface area (Å²) in [6.45, 7) is 8.72. The molecule has 0 aliphatic carbocycles. The minimum absolute atomic E-state index is 0.0863. The Morgan fingerprint density at radius 1 is 0.920 bits per heavy atom. The molecule has 0 aliphatic rings. The van der Waals surface area contributed by atoms with Gasteiger partial charge < -0.3 is 10.6 Å². The summed E-state index contributed by atoms with van der Waals surface area (Å²) >= 11 is 13.3. The second-order valence-electron chi connectivity index (χ2n) is 5.54. The molecule has 2 unspecified atom stereocenters. The minimum atomic E-state index is -0.182. The van der Waals surface area contributed by atoms with Crippen molar-refractivity contribution >= 4 is 79.5 Å². The van der Waals surface area contributed by atoms with Crippen molar-refractivity contribution < 1.29 is 9.59 Å². The van der Waals surface area contributed by atoms with Crippen molar-refractivity contribution in [2.24, 2.45) is 0 Å². The molecule has 0 spiro atoms. The second-order valence-corrected chi connectivity index (χ2v) is 9.58. The number of thioether (sulfide) groups is 2. The maximum atomic E-state index is 11.4. The quantitative estimate of drug-likeness (QED) is 0.643. The lowest BCUT2D eigenvalue weighted by Gasteiger charge is -2.17. The normalized spacial score (nSPS) is 12.8. The van der Waals surface area contributed by atoms with E-state index >= 15 is 0 Å². The predicted molar refractivity (Wildman–Crippen MR) is 119 cm³/mol. The maximum absolute atomic E-state index is 11.4. The molecule has 2 atom stereocenters. The highest BCUT2D eigenvalue weighted by atomic mass is 32.2. The van der Waals surface area contributed by atoms with Crippen molar-refractivity contribution in [1.29, 1.82) is 0 Å². The molecule has 8 heteroatoms. The summed E-state index contributed by atoms with van der Waals surface area (Å²) < 4.78 is 1.09. The number of rotatable bonds is 6. The lowest BCUT2D eigenvalue weighted by Crippen LogP contribution is -2.17. The second kappa shape index (κ2) is 10.3. The number of thiocarbonyl (C=S) groups is 2. The van der Waals surface area contributed by atoms with Crippen molar-refractivity contribution in [3.05, 3.63) is 23.8 Å². The van der Waals surface area contributed by atoms with Gasteiger partial charge in [0.25, 0.3) is 0 Å². The summed E-state index contributed by atoms with van der Waals surface area (Å²) in [6.07, 6.45) is 0. The Hall–Kier alpha value is -0.960. The van der Waals surface area contributed by atoms with Gasteiger partial charge in [-0.1, -0.05) is 54.0 Å². The van der Waals surface area contributed by atoms with E-state index < -0.39 is 0 Å². The van der Waals surface area contributed by atoms with Gasteiger partial charge in [0.15, 0.2) is 0 Å². The first-order valence-electron chi connectivity index (χ1n) is 7.67. The van der Waals surface area contributed by atoms with Crippen LogP contribution in [-0.2, 0) is 9.59 Å². The predicted octanol–water partition coefficient (Wildman–Crippen LogP) is 4.81. The molecule has 0 radical (unpaired) electrons. The molecule has 25 heavy (non-hydrogen) atoms. The summed E-state index contributed by atoms with van der Waals surface area (Å²) in [6, 6.07) is 5.72. The topological polar surface area (TPSA) is 58.2 Å². The van der Waals surface area contributed by atoms with E-state index in [2.05, 4.69) is 10.6 Å². The molecule has 0 fully saturated rings. The van der Waals surface area contributed by atoms with Gasteiger partial charge in [-0.05, 0) is 52.3 Å². The van der Waals surface area contributed by atoms with E-state index in [0.29, 0.717) is 8.64 Å². The molecule has 0 saturated carbocycles. The van der Waals surface area contributed by atoms with E-state index in [1.807, 2.05) is 39.0 Å². The molecule has 0 aromatic heterocycles. The van der Waals surface area contributed by atoms with Crippen LogP contribution in [0.1, 0.15) is 33.3 Å². The van der Waals surface area contributed by atoms with Crippen LogP contribution in [0.25, 0.3) is 0 Å². The van der Waals surface area contributed by atoms with Gasteiger partial charge in [-0.15, -0.1) is 0 Å². The molecule has 1 aromatic carbocycles. The van der Waals surface area contributed by atoms with E-state index in [9.17, 15) is 9.59 Å². The third-order valence-electron chi connectivity index (χ3n) is 3.52. The van der Waals surface area contributed by atoms with Crippen molar-refractivity contribution in [2.75, 3.05) is 10.6 Å². The standard InChI is InChI=1S/C17H22N2O2S4/c1-9-14(18-16(22)24-12(4)10(2)20)7-6-8-15(9)19-17(23)25-13(5)11(3)21/h6-8,12-13H,1-5H3,(H,18,22)(H,19,23). The van der Waals surface area contributed by atoms with Crippen LogP contribution < -0.4 is 10.6 Å².